The average Bonchev–Trinajstić information content (AvgIpc) is 3.47. The van der Waals surface area contributed by atoms with Crippen LogP contribution in [0.25, 0.3) is 0 Å². The predicted octanol–water partition coefficient (Wildman–Crippen LogP) is 4.06. The molecule has 2 aliphatic heterocycles. The Bertz CT molecular complexity index is 738. The van der Waals surface area contributed by atoms with Crippen LogP contribution in [0.2, 0.25) is 0 Å². The van der Waals surface area contributed by atoms with Crippen molar-refractivity contribution in [3.63, 3.8) is 0 Å². The molecule has 1 saturated heterocycles. The van der Waals surface area contributed by atoms with Crippen molar-refractivity contribution in [1.82, 2.24) is 10.2 Å². The van der Waals surface area contributed by atoms with Crippen LogP contribution in [-0.2, 0) is 20.9 Å². The molecule has 2 atom stereocenters. The van der Waals surface area contributed by atoms with E-state index in [0.29, 0.717) is 19.0 Å². The van der Waals surface area contributed by atoms with E-state index in [1.165, 1.54) is 25.7 Å². The van der Waals surface area contributed by atoms with Crippen LogP contribution < -0.4 is 5.32 Å². The van der Waals surface area contributed by atoms with Crippen LogP contribution >= 0.6 is 0 Å². The van der Waals surface area contributed by atoms with Gasteiger partial charge >= 0.3 is 6.09 Å². The monoisotopic (exact) mass is 429 g/mol. The smallest absolute Gasteiger partial charge is 0.410 e. The van der Waals surface area contributed by atoms with Crippen LogP contribution in [0.3, 0.4) is 0 Å². The molecule has 2 unspecified atom stereocenters. The minimum absolute atomic E-state index is 0.0974. The first-order valence-corrected chi connectivity index (χ1v) is 11.6. The molecule has 3 rings (SSSR count). The van der Waals surface area contributed by atoms with E-state index in [1.807, 2.05) is 30.3 Å². The number of benzene rings is 1. The first-order valence-electron chi connectivity index (χ1n) is 11.6. The summed E-state index contributed by atoms with van der Waals surface area (Å²) < 4.78 is 11.2. The van der Waals surface area contributed by atoms with Gasteiger partial charge in [0.25, 0.3) is 0 Å². The molecule has 7 nitrogen and oxygen atoms in total. The summed E-state index contributed by atoms with van der Waals surface area (Å²) in [5.41, 5.74) is 0.947. The number of likely N-dealkylation sites (tertiary alicyclic amines) is 1. The fourth-order valence-electron chi connectivity index (χ4n) is 3.99. The summed E-state index contributed by atoms with van der Waals surface area (Å²) in [5.74, 6) is 0.383. The summed E-state index contributed by atoms with van der Waals surface area (Å²) in [6, 6.07) is 8.83. The van der Waals surface area contributed by atoms with E-state index in [1.54, 1.807) is 4.90 Å². The second-order valence-corrected chi connectivity index (χ2v) is 8.24. The van der Waals surface area contributed by atoms with Gasteiger partial charge in [0.05, 0.1) is 0 Å². The van der Waals surface area contributed by atoms with Gasteiger partial charge in [-0.1, -0.05) is 69.4 Å². The number of rotatable bonds is 11. The molecule has 0 radical (unpaired) electrons. The van der Waals surface area contributed by atoms with Gasteiger partial charge in [-0.3, -0.25) is 9.69 Å². The number of nitrogens with one attached hydrogen (secondary N) is 1. The summed E-state index contributed by atoms with van der Waals surface area (Å²) in [6.45, 7) is 3.96. The third-order valence-corrected chi connectivity index (χ3v) is 5.78. The lowest BCUT2D eigenvalue weighted by atomic mass is 10.1. The lowest BCUT2D eigenvalue weighted by molar-refractivity contribution is -0.122. The van der Waals surface area contributed by atoms with Crippen molar-refractivity contribution in [2.45, 2.75) is 77.0 Å². The number of amides is 2. The van der Waals surface area contributed by atoms with E-state index in [0.717, 1.165) is 31.2 Å². The van der Waals surface area contributed by atoms with Crippen LogP contribution in [0.5, 0.6) is 0 Å². The van der Waals surface area contributed by atoms with Gasteiger partial charge in [0.15, 0.2) is 6.04 Å². The number of nitrogens with zero attached hydrogens (tertiary/aromatic N) is 2. The quantitative estimate of drug-likeness (QED) is 0.538. The zero-order chi connectivity index (χ0) is 21.9. The number of aliphatic imine (C=N–C) groups is 1. The second-order valence-electron chi connectivity index (χ2n) is 8.24. The number of carbonyl (C=O) groups is 2. The molecule has 1 fully saturated rings. The van der Waals surface area contributed by atoms with Crippen molar-refractivity contribution in [3.05, 3.63) is 35.9 Å². The lowest BCUT2D eigenvalue weighted by Crippen LogP contribution is -2.41. The van der Waals surface area contributed by atoms with E-state index in [-0.39, 0.29) is 31.3 Å². The maximum Gasteiger partial charge on any atom is 0.410 e. The second kappa shape index (κ2) is 12.3. The van der Waals surface area contributed by atoms with Crippen molar-refractivity contribution in [2.75, 3.05) is 19.7 Å². The largest absolute Gasteiger partial charge is 0.477 e. The standard InChI is InChI=1S/C24H35N3O4/c1-2-3-4-5-6-10-15-25-22(28)20-18-30-23(26-20)21-14-11-16-27(21)24(29)31-17-19-12-8-7-9-13-19/h7-9,12-13,20-21H,2-6,10-11,14-18H2,1H3,(H,25,28). The van der Waals surface area contributed by atoms with Gasteiger partial charge in [-0.25, -0.2) is 9.79 Å². The number of unbranched alkanes of at least 4 members (excludes halogenated alkanes) is 5. The molecule has 0 aromatic heterocycles. The van der Waals surface area contributed by atoms with Crippen LogP contribution in [0.1, 0.15) is 63.9 Å². The van der Waals surface area contributed by atoms with E-state index < -0.39 is 6.04 Å². The van der Waals surface area contributed by atoms with Crippen molar-refractivity contribution < 1.29 is 19.1 Å². The van der Waals surface area contributed by atoms with Gasteiger partial charge in [0.1, 0.15) is 19.3 Å². The van der Waals surface area contributed by atoms with Gasteiger partial charge in [-0.15, -0.1) is 0 Å². The topological polar surface area (TPSA) is 80.2 Å². The maximum atomic E-state index is 12.6. The molecule has 2 heterocycles. The lowest BCUT2D eigenvalue weighted by Gasteiger charge is -2.23. The van der Waals surface area contributed by atoms with Crippen molar-refractivity contribution >= 4 is 17.9 Å². The number of hydrogen-bond donors (Lipinski definition) is 1. The highest BCUT2D eigenvalue weighted by molar-refractivity contribution is 5.92. The highest BCUT2D eigenvalue weighted by Gasteiger charge is 2.38. The van der Waals surface area contributed by atoms with Crippen LogP contribution in [0.4, 0.5) is 4.79 Å². The zero-order valence-electron chi connectivity index (χ0n) is 18.6. The first kappa shape index (κ1) is 23.1. The van der Waals surface area contributed by atoms with Gasteiger partial charge in [0.2, 0.25) is 11.8 Å². The summed E-state index contributed by atoms with van der Waals surface area (Å²) in [6.07, 6.45) is 8.39. The Morgan fingerprint density at radius 1 is 1.16 bits per heavy atom. The molecule has 2 amide bonds. The molecule has 0 saturated carbocycles. The Hall–Kier alpha value is -2.57. The molecule has 2 aliphatic rings. The van der Waals surface area contributed by atoms with Crippen molar-refractivity contribution in [3.8, 4) is 0 Å². The highest BCUT2D eigenvalue weighted by Crippen LogP contribution is 2.23. The van der Waals surface area contributed by atoms with E-state index in [4.69, 9.17) is 9.47 Å². The molecule has 7 heteroatoms. The minimum atomic E-state index is -0.530. The Morgan fingerprint density at radius 2 is 1.94 bits per heavy atom. The number of carbonyl (C=O) groups excluding carboxylic acids is 2. The average molecular weight is 430 g/mol. The minimum Gasteiger partial charge on any atom is -0.477 e. The van der Waals surface area contributed by atoms with Gasteiger partial charge < -0.3 is 14.8 Å². The molecular formula is C24H35N3O4. The van der Waals surface area contributed by atoms with E-state index in [2.05, 4.69) is 17.2 Å². The van der Waals surface area contributed by atoms with Crippen LogP contribution in [-0.4, -0.2) is 54.6 Å². The Balaban J connectivity index is 1.43. The summed E-state index contributed by atoms with van der Waals surface area (Å²) in [5, 5.41) is 2.97. The number of ether oxygens (including phenoxy) is 2. The molecule has 0 bridgehead atoms. The normalized spacial score (nSPS) is 20.3. The fraction of sp³-hybridized carbons (Fsp3) is 0.625. The van der Waals surface area contributed by atoms with E-state index in [9.17, 15) is 9.59 Å². The molecular weight excluding hydrogens is 394 g/mol. The molecule has 0 spiro atoms. The first-order chi connectivity index (χ1) is 15.2. The molecule has 170 valence electrons. The van der Waals surface area contributed by atoms with Crippen molar-refractivity contribution in [2.24, 2.45) is 4.99 Å². The third-order valence-electron chi connectivity index (χ3n) is 5.78. The maximum absolute atomic E-state index is 12.6. The van der Waals surface area contributed by atoms with Crippen molar-refractivity contribution in [1.29, 1.82) is 0 Å². The molecule has 1 aromatic rings. The van der Waals surface area contributed by atoms with Gasteiger partial charge in [0, 0.05) is 13.1 Å². The van der Waals surface area contributed by atoms with E-state index >= 15 is 0 Å². The van der Waals surface area contributed by atoms with Gasteiger partial charge in [-0.05, 0) is 24.8 Å². The summed E-state index contributed by atoms with van der Waals surface area (Å²) in [4.78, 5) is 31.2. The molecule has 1 N–H and O–H groups in total. The number of hydrogen-bond acceptors (Lipinski definition) is 5. The molecule has 1 aromatic carbocycles. The molecule has 0 aliphatic carbocycles. The van der Waals surface area contributed by atoms with Crippen LogP contribution in [0, 0.1) is 0 Å². The third kappa shape index (κ3) is 6.97. The summed E-state index contributed by atoms with van der Waals surface area (Å²) in [7, 11) is 0. The highest BCUT2D eigenvalue weighted by atomic mass is 16.6. The Labute approximate surface area is 185 Å². The van der Waals surface area contributed by atoms with Gasteiger partial charge in [-0.2, -0.15) is 0 Å². The summed E-state index contributed by atoms with van der Waals surface area (Å²) >= 11 is 0. The predicted molar refractivity (Wildman–Crippen MR) is 120 cm³/mol. The van der Waals surface area contributed by atoms with Crippen LogP contribution in [0.15, 0.2) is 35.3 Å². The SMILES string of the molecule is CCCCCCCCNC(=O)C1COC(C2CCCN2C(=O)OCc2ccccc2)=N1. The Morgan fingerprint density at radius 3 is 2.74 bits per heavy atom. The molecule has 31 heavy (non-hydrogen) atoms. The zero-order valence-corrected chi connectivity index (χ0v) is 18.6. The Kier molecular flexibility index (Phi) is 9.18. The fourth-order valence-corrected chi connectivity index (χ4v) is 3.99.